The Bertz CT molecular complexity index is 3160. The first-order valence-electron chi connectivity index (χ1n) is 18.9. The molecule has 264 valence electrons. The van der Waals surface area contributed by atoms with Gasteiger partial charge in [-0.05, 0) is 66.1 Å². The molecule has 0 spiro atoms. The second kappa shape index (κ2) is 13.1. The van der Waals surface area contributed by atoms with Crippen LogP contribution in [-0.2, 0) is 0 Å². The summed E-state index contributed by atoms with van der Waals surface area (Å²) in [5.41, 5.74) is 9.60. The highest BCUT2D eigenvalue weighted by Gasteiger charge is 2.20. The molecule has 10 aromatic rings. The third kappa shape index (κ3) is 5.32. The predicted octanol–water partition coefficient (Wildman–Crippen LogP) is 11.5. The van der Waals surface area contributed by atoms with Gasteiger partial charge in [-0.15, -0.1) is 0 Å². The van der Waals surface area contributed by atoms with Crippen LogP contribution in [0.15, 0.2) is 182 Å². The molecule has 4 aromatic heterocycles. The van der Waals surface area contributed by atoms with Crippen LogP contribution in [0.4, 0.5) is 0 Å². The Labute approximate surface area is 322 Å². The van der Waals surface area contributed by atoms with E-state index in [4.69, 9.17) is 24.9 Å². The van der Waals surface area contributed by atoms with Gasteiger partial charge in [-0.3, -0.25) is 4.57 Å². The predicted molar refractivity (Wildman–Crippen MR) is 226 cm³/mol. The van der Waals surface area contributed by atoms with E-state index in [0.717, 1.165) is 56.4 Å². The Morgan fingerprint density at radius 2 is 1.00 bits per heavy atom. The minimum atomic E-state index is 0.0727. The Kier molecular flexibility index (Phi) is 7.48. The van der Waals surface area contributed by atoms with Gasteiger partial charge in [0, 0.05) is 51.1 Å². The number of allylic oxidation sites excluding steroid dienone is 4. The second-order valence-electron chi connectivity index (χ2n) is 14.1. The third-order valence-electron chi connectivity index (χ3n) is 10.8. The fraction of sp³-hybridized carbons (Fsp3) is 0.0408. The van der Waals surface area contributed by atoms with E-state index < -0.39 is 0 Å². The summed E-state index contributed by atoms with van der Waals surface area (Å²) in [6.45, 7) is 0. The highest BCUT2D eigenvalue weighted by molar-refractivity contribution is 6.12. The van der Waals surface area contributed by atoms with Crippen LogP contribution in [0.5, 0.6) is 0 Å². The summed E-state index contributed by atoms with van der Waals surface area (Å²) < 4.78 is 4.49. The summed E-state index contributed by atoms with van der Waals surface area (Å²) in [5.74, 6) is 2.58. The average molecular weight is 720 g/mol. The number of hydrogen-bond acceptors (Lipinski definition) is 5. The molecule has 6 aromatic carbocycles. The minimum absolute atomic E-state index is 0.0727. The van der Waals surface area contributed by atoms with Crippen LogP contribution in [-0.4, -0.2) is 34.1 Å². The maximum atomic E-state index is 4.94. The Morgan fingerprint density at radius 3 is 1.64 bits per heavy atom. The molecule has 0 saturated heterocycles. The van der Waals surface area contributed by atoms with Gasteiger partial charge in [0.05, 0.1) is 27.6 Å². The van der Waals surface area contributed by atoms with Crippen LogP contribution in [0, 0.1) is 0 Å². The van der Waals surface area contributed by atoms with Crippen LogP contribution in [0.25, 0.3) is 89.2 Å². The number of nitrogens with zero attached hydrogens (tertiary/aromatic N) is 7. The molecule has 0 fully saturated rings. The summed E-state index contributed by atoms with van der Waals surface area (Å²) in [5, 5.41) is 4.75. The highest BCUT2D eigenvalue weighted by atomic mass is 15.2. The SMILES string of the molecule is C1=CCC(c2nc(-c3ccccc3)nc(-c3cnc(-n4c5ccccc5c5cc(-c6ccc7c(c6)c6ccccc6n7-c6ccccc6)ccc54)nc3)n2)C=C1. The largest absolute Gasteiger partial charge is 0.309 e. The summed E-state index contributed by atoms with van der Waals surface area (Å²) in [7, 11) is 0. The van der Waals surface area contributed by atoms with Crippen molar-refractivity contribution in [2.75, 3.05) is 0 Å². The molecular weight excluding hydrogens is 687 g/mol. The van der Waals surface area contributed by atoms with Gasteiger partial charge in [-0.25, -0.2) is 24.9 Å². The molecule has 0 radical (unpaired) electrons. The van der Waals surface area contributed by atoms with E-state index in [1.807, 2.05) is 42.7 Å². The van der Waals surface area contributed by atoms with Crippen molar-refractivity contribution in [3.8, 4) is 45.5 Å². The number of fused-ring (bicyclic) bond motifs is 6. The monoisotopic (exact) mass is 719 g/mol. The molecular formula is C49H33N7. The van der Waals surface area contributed by atoms with Gasteiger partial charge in [0.2, 0.25) is 5.95 Å². The van der Waals surface area contributed by atoms with E-state index in [1.54, 1.807) is 0 Å². The Balaban J connectivity index is 1.00. The molecule has 7 nitrogen and oxygen atoms in total. The molecule has 11 rings (SSSR count). The van der Waals surface area contributed by atoms with E-state index in [9.17, 15) is 0 Å². The number of hydrogen-bond donors (Lipinski definition) is 0. The maximum absolute atomic E-state index is 4.94. The van der Waals surface area contributed by atoms with Crippen LogP contribution < -0.4 is 0 Å². The van der Waals surface area contributed by atoms with Gasteiger partial charge in [0.25, 0.3) is 0 Å². The van der Waals surface area contributed by atoms with E-state index in [2.05, 4.69) is 149 Å². The van der Waals surface area contributed by atoms with E-state index >= 15 is 0 Å². The van der Waals surface area contributed by atoms with E-state index in [1.165, 1.54) is 27.4 Å². The lowest BCUT2D eigenvalue weighted by molar-refractivity contribution is 0.764. The van der Waals surface area contributed by atoms with Gasteiger partial charge in [-0.2, -0.15) is 0 Å². The second-order valence-corrected chi connectivity index (χ2v) is 14.1. The molecule has 1 atom stereocenters. The van der Waals surface area contributed by atoms with Crippen LogP contribution >= 0.6 is 0 Å². The minimum Gasteiger partial charge on any atom is -0.309 e. The summed E-state index contributed by atoms with van der Waals surface area (Å²) >= 11 is 0. The fourth-order valence-corrected chi connectivity index (χ4v) is 8.10. The number of para-hydroxylation sites is 3. The molecule has 1 unspecified atom stereocenters. The zero-order valence-corrected chi connectivity index (χ0v) is 30.2. The van der Waals surface area contributed by atoms with Gasteiger partial charge in [0.15, 0.2) is 11.6 Å². The lowest BCUT2D eigenvalue weighted by atomic mass is 10.00. The summed E-state index contributed by atoms with van der Waals surface area (Å²) in [6, 6.07) is 51.2. The molecule has 0 aliphatic heterocycles. The zero-order valence-electron chi connectivity index (χ0n) is 30.2. The summed E-state index contributed by atoms with van der Waals surface area (Å²) in [6.07, 6.45) is 12.9. The van der Waals surface area contributed by atoms with Gasteiger partial charge in [0.1, 0.15) is 5.82 Å². The van der Waals surface area contributed by atoms with Crippen molar-refractivity contribution in [2.45, 2.75) is 12.3 Å². The fourth-order valence-electron chi connectivity index (χ4n) is 8.10. The van der Waals surface area contributed by atoms with Crippen LogP contribution in [0.3, 0.4) is 0 Å². The Hall–Kier alpha value is -7.51. The highest BCUT2D eigenvalue weighted by Crippen LogP contribution is 2.38. The lowest BCUT2D eigenvalue weighted by Crippen LogP contribution is -2.08. The Morgan fingerprint density at radius 1 is 0.446 bits per heavy atom. The first-order chi connectivity index (χ1) is 27.8. The molecule has 0 saturated carbocycles. The van der Waals surface area contributed by atoms with Crippen molar-refractivity contribution in [3.63, 3.8) is 0 Å². The molecule has 7 heteroatoms. The molecule has 1 aliphatic carbocycles. The molecule has 1 aliphatic rings. The van der Waals surface area contributed by atoms with Gasteiger partial charge < -0.3 is 4.57 Å². The first-order valence-corrected chi connectivity index (χ1v) is 18.9. The number of aromatic nitrogens is 7. The molecule has 0 N–H and O–H groups in total. The van der Waals surface area contributed by atoms with Gasteiger partial charge in [-0.1, -0.05) is 121 Å². The smallest absolute Gasteiger partial charge is 0.234 e. The maximum Gasteiger partial charge on any atom is 0.234 e. The normalized spacial score (nSPS) is 14.0. The van der Waals surface area contributed by atoms with E-state index in [0.29, 0.717) is 17.6 Å². The van der Waals surface area contributed by atoms with Crippen molar-refractivity contribution in [1.82, 2.24) is 34.1 Å². The average Bonchev–Trinajstić information content (AvgIpc) is 3.79. The zero-order chi connectivity index (χ0) is 37.0. The van der Waals surface area contributed by atoms with Crippen molar-refractivity contribution >= 4 is 43.6 Å². The molecule has 0 amide bonds. The molecule has 4 heterocycles. The quantitative estimate of drug-likeness (QED) is 0.171. The lowest BCUT2D eigenvalue weighted by Gasteiger charge is -2.14. The van der Waals surface area contributed by atoms with Crippen LogP contribution in [0.2, 0.25) is 0 Å². The number of benzene rings is 6. The molecule has 0 bridgehead atoms. The van der Waals surface area contributed by atoms with Crippen molar-refractivity contribution in [2.24, 2.45) is 0 Å². The van der Waals surface area contributed by atoms with Crippen molar-refractivity contribution in [1.29, 1.82) is 0 Å². The van der Waals surface area contributed by atoms with Crippen LogP contribution in [0.1, 0.15) is 18.2 Å². The van der Waals surface area contributed by atoms with Crippen molar-refractivity contribution in [3.05, 3.63) is 188 Å². The topological polar surface area (TPSA) is 74.3 Å². The van der Waals surface area contributed by atoms with Gasteiger partial charge >= 0.3 is 0 Å². The summed E-state index contributed by atoms with van der Waals surface area (Å²) in [4.78, 5) is 24.6. The molecule has 56 heavy (non-hydrogen) atoms. The standard InChI is InChI=1S/C49H33N7/c1-4-14-32(15-5-1)46-52-47(33-16-6-2-7-17-33)54-48(53-46)36-30-50-49(51-31-36)56-43-23-13-11-21-39(43)41-29-35(25-27-45(41)56)34-24-26-44-40(28-34)38-20-10-12-22-42(38)55(44)37-18-8-3-9-19-37/h1-16,18-31,33H,17H2. The third-order valence-corrected chi connectivity index (χ3v) is 10.8. The van der Waals surface area contributed by atoms with E-state index in [-0.39, 0.29) is 5.92 Å². The first kappa shape index (κ1) is 32.0. The van der Waals surface area contributed by atoms with Crippen molar-refractivity contribution < 1.29 is 0 Å². The number of rotatable bonds is 6.